The Balaban J connectivity index is 1.90. The quantitative estimate of drug-likeness (QED) is 0.799. The Bertz CT molecular complexity index is 597. The number of nitrogens with one attached hydrogen (secondary N) is 2. The van der Waals surface area contributed by atoms with E-state index in [0.717, 1.165) is 22.2 Å². The molecule has 0 spiro atoms. The molecular weight excluding hydrogens is 288 g/mol. The highest BCUT2D eigenvalue weighted by Gasteiger charge is 2.14. The van der Waals surface area contributed by atoms with E-state index >= 15 is 0 Å². The highest BCUT2D eigenvalue weighted by molar-refractivity contribution is 7.99. The van der Waals surface area contributed by atoms with Gasteiger partial charge in [0.25, 0.3) is 0 Å². The minimum absolute atomic E-state index is 0.196. The second kappa shape index (κ2) is 7.12. The van der Waals surface area contributed by atoms with Crippen molar-refractivity contribution >= 4 is 29.2 Å². The van der Waals surface area contributed by atoms with Crippen LogP contribution in [0.2, 0.25) is 0 Å². The molecule has 2 aromatic rings. The Kier molecular flexibility index (Phi) is 5.21. The molecule has 2 heterocycles. The molecule has 1 atom stereocenters. The first-order valence-electron chi connectivity index (χ1n) is 6.68. The van der Waals surface area contributed by atoms with Crippen molar-refractivity contribution in [1.29, 1.82) is 0 Å². The standard InChI is InChI=1S/C14H18N4O2S/c1-4-21-13-6-5-11(8-15-13)16-10(3)14(19)17-12-7-9(2)18-20-12/h5-8,10,16H,4H2,1-3H3,(H,17,19). The van der Waals surface area contributed by atoms with Gasteiger partial charge in [0.2, 0.25) is 11.8 Å². The molecule has 112 valence electrons. The fourth-order valence-corrected chi connectivity index (χ4v) is 2.25. The SMILES string of the molecule is CCSc1ccc(NC(C)C(=O)Nc2cc(C)no2)cn1. The lowest BCUT2D eigenvalue weighted by atomic mass is 10.3. The molecule has 1 amide bonds. The molecule has 2 aromatic heterocycles. The number of thioether (sulfide) groups is 1. The van der Waals surface area contributed by atoms with Crippen LogP contribution in [0.5, 0.6) is 0 Å². The summed E-state index contributed by atoms with van der Waals surface area (Å²) in [5, 5.41) is 10.4. The van der Waals surface area contributed by atoms with Gasteiger partial charge in [0.1, 0.15) is 6.04 Å². The monoisotopic (exact) mass is 306 g/mol. The van der Waals surface area contributed by atoms with E-state index in [9.17, 15) is 4.79 Å². The second-order valence-electron chi connectivity index (χ2n) is 4.51. The maximum absolute atomic E-state index is 12.0. The lowest BCUT2D eigenvalue weighted by molar-refractivity contribution is -0.116. The minimum atomic E-state index is -0.415. The molecule has 1 unspecified atom stereocenters. The van der Waals surface area contributed by atoms with Crippen LogP contribution in [0.3, 0.4) is 0 Å². The second-order valence-corrected chi connectivity index (χ2v) is 5.79. The number of aryl methyl sites for hydroxylation is 1. The summed E-state index contributed by atoms with van der Waals surface area (Å²) in [7, 11) is 0. The molecular formula is C14H18N4O2S. The van der Waals surface area contributed by atoms with E-state index in [1.807, 2.05) is 12.1 Å². The number of carbonyl (C=O) groups excluding carboxylic acids is 1. The van der Waals surface area contributed by atoms with Gasteiger partial charge in [0.05, 0.1) is 22.6 Å². The van der Waals surface area contributed by atoms with Gasteiger partial charge in [-0.3, -0.25) is 10.1 Å². The van der Waals surface area contributed by atoms with E-state index in [2.05, 4.69) is 27.7 Å². The van der Waals surface area contributed by atoms with Gasteiger partial charge in [-0.2, -0.15) is 0 Å². The summed E-state index contributed by atoms with van der Waals surface area (Å²) in [5.41, 5.74) is 1.52. The van der Waals surface area contributed by atoms with Crippen molar-refractivity contribution < 1.29 is 9.32 Å². The van der Waals surface area contributed by atoms with E-state index in [0.29, 0.717) is 5.88 Å². The molecule has 0 bridgehead atoms. The van der Waals surface area contributed by atoms with Crippen LogP contribution in [-0.4, -0.2) is 27.8 Å². The molecule has 21 heavy (non-hydrogen) atoms. The van der Waals surface area contributed by atoms with Crippen LogP contribution in [0.4, 0.5) is 11.6 Å². The van der Waals surface area contributed by atoms with Crippen LogP contribution >= 0.6 is 11.8 Å². The number of amides is 1. The molecule has 0 aliphatic carbocycles. The Morgan fingerprint density at radius 2 is 2.29 bits per heavy atom. The summed E-state index contributed by atoms with van der Waals surface area (Å²) in [6.45, 7) is 5.64. The fraction of sp³-hybridized carbons (Fsp3) is 0.357. The van der Waals surface area contributed by atoms with Crippen LogP contribution in [0.25, 0.3) is 0 Å². The van der Waals surface area contributed by atoms with Gasteiger partial charge in [0.15, 0.2) is 0 Å². The number of carbonyl (C=O) groups is 1. The highest BCUT2D eigenvalue weighted by Crippen LogP contribution is 2.17. The zero-order valence-corrected chi connectivity index (χ0v) is 13.0. The van der Waals surface area contributed by atoms with Gasteiger partial charge in [0, 0.05) is 6.07 Å². The van der Waals surface area contributed by atoms with Crippen molar-refractivity contribution in [3.63, 3.8) is 0 Å². The summed E-state index contributed by atoms with van der Waals surface area (Å²) in [5.74, 6) is 1.13. The fourth-order valence-electron chi connectivity index (χ4n) is 1.67. The van der Waals surface area contributed by atoms with E-state index in [4.69, 9.17) is 4.52 Å². The maximum Gasteiger partial charge on any atom is 0.248 e. The lowest BCUT2D eigenvalue weighted by Crippen LogP contribution is -2.31. The molecule has 0 aromatic carbocycles. The van der Waals surface area contributed by atoms with Gasteiger partial charge in [-0.1, -0.05) is 12.1 Å². The molecule has 2 N–H and O–H groups in total. The van der Waals surface area contributed by atoms with E-state index in [1.54, 1.807) is 37.9 Å². The van der Waals surface area contributed by atoms with Crippen LogP contribution in [-0.2, 0) is 4.79 Å². The third kappa shape index (κ3) is 4.49. The van der Waals surface area contributed by atoms with Gasteiger partial charge in [-0.25, -0.2) is 4.98 Å². The highest BCUT2D eigenvalue weighted by atomic mass is 32.2. The van der Waals surface area contributed by atoms with Crippen molar-refractivity contribution in [1.82, 2.24) is 10.1 Å². The van der Waals surface area contributed by atoms with Gasteiger partial charge >= 0.3 is 0 Å². The third-order valence-corrected chi connectivity index (χ3v) is 3.51. The van der Waals surface area contributed by atoms with Crippen molar-refractivity contribution in [2.45, 2.75) is 31.8 Å². The topological polar surface area (TPSA) is 80.0 Å². The Hall–Kier alpha value is -2.02. The molecule has 0 saturated carbocycles. The van der Waals surface area contributed by atoms with Gasteiger partial charge < -0.3 is 9.84 Å². The molecule has 0 aliphatic rings. The first kappa shape index (κ1) is 15.4. The normalized spacial score (nSPS) is 12.0. The molecule has 0 fully saturated rings. The number of hydrogen-bond acceptors (Lipinski definition) is 6. The Morgan fingerprint density at radius 1 is 1.48 bits per heavy atom. The number of rotatable bonds is 6. The van der Waals surface area contributed by atoms with E-state index in [-0.39, 0.29) is 5.91 Å². The molecule has 6 nitrogen and oxygen atoms in total. The predicted molar refractivity (Wildman–Crippen MR) is 83.6 cm³/mol. The summed E-state index contributed by atoms with van der Waals surface area (Å²) in [6.07, 6.45) is 1.72. The third-order valence-electron chi connectivity index (χ3n) is 2.68. The largest absolute Gasteiger partial charge is 0.373 e. The van der Waals surface area contributed by atoms with Crippen molar-refractivity contribution in [3.8, 4) is 0 Å². The number of hydrogen-bond donors (Lipinski definition) is 2. The number of anilines is 2. The summed E-state index contributed by atoms with van der Waals surface area (Å²) in [4.78, 5) is 16.3. The summed E-state index contributed by atoms with van der Waals surface area (Å²) < 4.78 is 4.95. The van der Waals surface area contributed by atoms with Gasteiger partial charge in [-0.05, 0) is 31.7 Å². The lowest BCUT2D eigenvalue weighted by Gasteiger charge is -2.13. The summed E-state index contributed by atoms with van der Waals surface area (Å²) in [6, 6.07) is 5.10. The molecule has 0 saturated heterocycles. The molecule has 7 heteroatoms. The zero-order chi connectivity index (χ0) is 15.2. The number of nitrogens with zero attached hydrogens (tertiary/aromatic N) is 2. The van der Waals surface area contributed by atoms with Gasteiger partial charge in [-0.15, -0.1) is 11.8 Å². The first-order valence-corrected chi connectivity index (χ1v) is 7.66. The predicted octanol–water partition coefficient (Wildman–Crippen LogP) is 2.93. The average Bonchev–Trinajstić information content (AvgIpc) is 2.86. The van der Waals surface area contributed by atoms with Crippen LogP contribution in [0.15, 0.2) is 33.9 Å². The Labute approximate surface area is 127 Å². The minimum Gasteiger partial charge on any atom is -0.373 e. The van der Waals surface area contributed by atoms with E-state index < -0.39 is 6.04 Å². The van der Waals surface area contributed by atoms with Crippen LogP contribution < -0.4 is 10.6 Å². The van der Waals surface area contributed by atoms with E-state index in [1.165, 1.54) is 0 Å². The molecule has 2 rings (SSSR count). The molecule has 0 radical (unpaired) electrons. The zero-order valence-electron chi connectivity index (χ0n) is 12.2. The summed E-state index contributed by atoms with van der Waals surface area (Å²) >= 11 is 1.68. The number of aromatic nitrogens is 2. The Morgan fingerprint density at radius 3 is 2.86 bits per heavy atom. The first-order chi connectivity index (χ1) is 10.1. The van der Waals surface area contributed by atoms with Crippen LogP contribution in [0.1, 0.15) is 19.5 Å². The van der Waals surface area contributed by atoms with Crippen molar-refractivity contribution in [2.75, 3.05) is 16.4 Å². The van der Waals surface area contributed by atoms with Crippen molar-refractivity contribution in [3.05, 3.63) is 30.1 Å². The smallest absolute Gasteiger partial charge is 0.248 e. The number of pyridine rings is 1. The maximum atomic E-state index is 12.0. The van der Waals surface area contributed by atoms with Crippen LogP contribution in [0, 0.1) is 6.92 Å². The molecule has 0 aliphatic heterocycles. The van der Waals surface area contributed by atoms with Crippen molar-refractivity contribution in [2.24, 2.45) is 0 Å². The average molecular weight is 306 g/mol.